The van der Waals surface area contributed by atoms with E-state index in [9.17, 15) is 0 Å². The van der Waals surface area contributed by atoms with Crippen LogP contribution in [0.25, 0.3) is 104 Å². The Kier molecular flexibility index (Phi) is 10.1. The SMILES string of the molecule is CC(C)(C)c1ccc2c(c1)c1cc(C(C)(C)C)cc3c4cc5c(cc4n2c13)N(c1ccccc1)c1cc(-n2c3ccccc3c3ccccc32)cc2c1B5c1cc3c4cc(C(C)(C)C)cc5c6cc(C(C)(C)C)ccc6n(c3cc1N2c1ccccc1)c54. The van der Waals surface area contributed by atoms with Crippen LogP contribution < -0.4 is 26.2 Å². The second-order valence-corrected chi connectivity index (χ2v) is 29.9. The number of aromatic nitrogens is 3. The molecular formula is C82H70BN5. The van der Waals surface area contributed by atoms with Gasteiger partial charge in [0.1, 0.15) is 0 Å². The van der Waals surface area contributed by atoms with E-state index in [-0.39, 0.29) is 28.4 Å². The zero-order valence-electron chi connectivity index (χ0n) is 52.4. The van der Waals surface area contributed by atoms with Gasteiger partial charge in [-0.1, -0.05) is 180 Å². The molecule has 0 N–H and O–H groups in total. The molecule has 0 spiro atoms. The number of anilines is 6. The molecule has 16 aromatic rings. The Morgan fingerprint density at radius 3 is 1.00 bits per heavy atom. The van der Waals surface area contributed by atoms with E-state index in [0.29, 0.717) is 0 Å². The fourth-order valence-electron chi connectivity index (χ4n) is 15.9. The van der Waals surface area contributed by atoms with Crippen LogP contribution in [-0.2, 0) is 21.7 Å². The number of para-hydroxylation sites is 4. The first kappa shape index (κ1) is 51.7. The summed E-state index contributed by atoms with van der Waals surface area (Å²) in [4.78, 5) is 5.24. The Morgan fingerprint density at radius 2 is 0.614 bits per heavy atom. The molecule has 0 amide bonds. The van der Waals surface area contributed by atoms with Gasteiger partial charge in [-0.2, -0.15) is 0 Å². The maximum atomic E-state index is 2.64. The van der Waals surface area contributed by atoms with E-state index < -0.39 is 0 Å². The Bertz CT molecular complexity index is 5330. The van der Waals surface area contributed by atoms with E-state index in [1.165, 1.54) is 159 Å². The van der Waals surface area contributed by atoms with Crippen molar-refractivity contribution >= 4 is 155 Å². The van der Waals surface area contributed by atoms with Gasteiger partial charge in [0.15, 0.2) is 0 Å². The normalized spacial score (nSPS) is 14.1. The third-order valence-corrected chi connectivity index (χ3v) is 20.4. The third kappa shape index (κ3) is 6.95. The van der Waals surface area contributed by atoms with Crippen LogP contribution in [0, 0.1) is 0 Å². The van der Waals surface area contributed by atoms with Crippen molar-refractivity contribution in [2.45, 2.75) is 105 Å². The maximum absolute atomic E-state index is 2.64. The number of hydrogen-bond donors (Lipinski definition) is 0. The molecule has 0 unspecified atom stereocenters. The zero-order chi connectivity index (χ0) is 60.0. The van der Waals surface area contributed by atoms with Crippen LogP contribution in [0.4, 0.5) is 34.1 Å². The second-order valence-electron chi connectivity index (χ2n) is 29.9. The van der Waals surface area contributed by atoms with Gasteiger partial charge in [-0.05, 0) is 169 Å². The summed E-state index contributed by atoms with van der Waals surface area (Å²) >= 11 is 0. The Labute approximate surface area is 514 Å². The highest BCUT2D eigenvalue weighted by Gasteiger charge is 2.45. The van der Waals surface area contributed by atoms with Crippen LogP contribution in [0.5, 0.6) is 0 Å². The van der Waals surface area contributed by atoms with E-state index in [4.69, 9.17) is 0 Å². The highest BCUT2D eigenvalue weighted by Crippen LogP contribution is 2.52. The molecule has 0 radical (unpaired) electrons. The number of nitrogens with zero attached hydrogens (tertiary/aromatic N) is 5. The number of rotatable bonds is 3. The van der Waals surface area contributed by atoms with Gasteiger partial charge in [0, 0.05) is 88.0 Å². The Balaban J connectivity index is 1.03. The minimum Gasteiger partial charge on any atom is -0.311 e. The fourth-order valence-corrected chi connectivity index (χ4v) is 15.9. The Hall–Kier alpha value is -9.52. The molecule has 2 aliphatic rings. The van der Waals surface area contributed by atoms with Gasteiger partial charge in [-0.3, -0.25) is 0 Å². The monoisotopic (exact) mass is 1140 g/mol. The molecular weight excluding hydrogens is 1070 g/mol. The van der Waals surface area contributed by atoms with Crippen molar-refractivity contribution in [2.75, 3.05) is 9.80 Å². The highest BCUT2D eigenvalue weighted by atomic mass is 15.2. The van der Waals surface area contributed by atoms with Crippen molar-refractivity contribution in [3.8, 4) is 5.69 Å². The van der Waals surface area contributed by atoms with Gasteiger partial charge >= 0.3 is 0 Å². The van der Waals surface area contributed by atoms with Crippen molar-refractivity contribution in [3.63, 3.8) is 0 Å². The summed E-state index contributed by atoms with van der Waals surface area (Å²) in [6.07, 6.45) is 0. The average molecular weight is 1140 g/mol. The summed E-state index contributed by atoms with van der Waals surface area (Å²) in [7, 11) is 0. The number of hydrogen-bond acceptors (Lipinski definition) is 2. The molecule has 88 heavy (non-hydrogen) atoms. The summed E-state index contributed by atoms with van der Waals surface area (Å²) < 4.78 is 7.75. The van der Waals surface area contributed by atoms with Crippen LogP contribution in [0.3, 0.4) is 0 Å². The molecule has 0 saturated carbocycles. The van der Waals surface area contributed by atoms with Crippen LogP contribution in [-0.4, -0.2) is 20.1 Å². The molecule has 0 atom stereocenters. The van der Waals surface area contributed by atoms with Gasteiger partial charge in [0.2, 0.25) is 0 Å². The molecule has 5 nitrogen and oxygen atoms in total. The topological polar surface area (TPSA) is 20.2 Å². The van der Waals surface area contributed by atoms with E-state index in [2.05, 4.69) is 313 Å². The van der Waals surface area contributed by atoms with Crippen molar-refractivity contribution in [2.24, 2.45) is 0 Å². The average Bonchev–Trinajstić information content (AvgIpc) is 1.33. The first-order valence-corrected chi connectivity index (χ1v) is 31.7. The van der Waals surface area contributed by atoms with Crippen LogP contribution in [0.1, 0.15) is 105 Å². The molecule has 0 saturated heterocycles. The molecule has 0 fully saturated rings. The van der Waals surface area contributed by atoms with Gasteiger partial charge < -0.3 is 23.2 Å². The highest BCUT2D eigenvalue weighted by molar-refractivity contribution is 7.00. The summed E-state index contributed by atoms with van der Waals surface area (Å²) in [6.45, 7) is 28.1. The predicted octanol–water partition coefficient (Wildman–Crippen LogP) is 20.4. The molecule has 426 valence electrons. The summed E-state index contributed by atoms with van der Waals surface area (Å²) in [5.41, 5.74) is 27.2. The van der Waals surface area contributed by atoms with E-state index >= 15 is 0 Å². The molecule has 7 heterocycles. The van der Waals surface area contributed by atoms with Crippen LogP contribution >= 0.6 is 0 Å². The lowest BCUT2D eigenvalue weighted by atomic mass is 9.33. The lowest BCUT2D eigenvalue weighted by molar-refractivity contribution is 0.590. The van der Waals surface area contributed by atoms with E-state index in [1.807, 2.05) is 0 Å². The first-order chi connectivity index (χ1) is 42.2. The van der Waals surface area contributed by atoms with Gasteiger partial charge in [-0.15, -0.1) is 0 Å². The van der Waals surface area contributed by atoms with Gasteiger partial charge in [0.05, 0.1) is 49.8 Å². The largest absolute Gasteiger partial charge is 0.311 e. The molecule has 0 bridgehead atoms. The lowest BCUT2D eigenvalue weighted by Gasteiger charge is -2.44. The quantitative estimate of drug-likeness (QED) is 0.164. The minimum atomic E-state index is -0.155. The first-order valence-electron chi connectivity index (χ1n) is 31.7. The lowest BCUT2D eigenvalue weighted by Crippen LogP contribution is -2.61. The smallest absolute Gasteiger partial charge is 0.252 e. The van der Waals surface area contributed by atoms with Crippen molar-refractivity contribution < 1.29 is 0 Å². The second kappa shape index (κ2) is 17.2. The molecule has 11 aromatic carbocycles. The van der Waals surface area contributed by atoms with Crippen molar-refractivity contribution in [1.29, 1.82) is 0 Å². The summed E-state index contributed by atoms with van der Waals surface area (Å²) in [5.74, 6) is 0. The number of fused-ring (bicyclic) bond motifs is 19. The molecule has 0 aliphatic carbocycles. The Morgan fingerprint density at radius 1 is 0.261 bits per heavy atom. The zero-order valence-corrected chi connectivity index (χ0v) is 52.4. The summed E-state index contributed by atoms with van der Waals surface area (Å²) in [6, 6.07) is 80.4. The maximum Gasteiger partial charge on any atom is 0.252 e. The van der Waals surface area contributed by atoms with Crippen molar-refractivity contribution in [1.82, 2.24) is 13.4 Å². The van der Waals surface area contributed by atoms with Crippen molar-refractivity contribution in [3.05, 3.63) is 229 Å². The molecule has 6 heteroatoms. The fraction of sp³-hybridized carbons (Fsp3) is 0.195. The third-order valence-electron chi connectivity index (χ3n) is 20.4. The van der Waals surface area contributed by atoms with Crippen LogP contribution in [0.15, 0.2) is 206 Å². The minimum absolute atomic E-state index is 0.00364. The molecule has 5 aromatic heterocycles. The van der Waals surface area contributed by atoms with Gasteiger partial charge in [-0.25, -0.2) is 0 Å². The van der Waals surface area contributed by atoms with Gasteiger partial charge in [0.25, 0.3) is 6.71 Å². The standard InChI is InChI=1S/C82H70BN5/c1-79(2,3)47-31-33-68-56(35-47)60-37-49(81(7,8)9)39-62-58-43-64-72(45-70(58)87(68)77(60)62)84(51-23-15-13-16-24-51)74-41-53(86-66-29-21-19-27-54(66)55-28-20-22-30-67(55)86)42-75-76(74)83(64)65-44-59-63-40-50(82(10,11)12)38-61-57-36-48(80(4,5)6)32-34-69(57)88(78(61)63)71(59)46-73(65)85(75)52-25-17-14-18-26-52/h13-46H,1-12H3. The number of benzene rings is 11. The van der Waals surface area contributed by atoms with E-state index in [0.717, 1.165) is 17.1 Å². The van der Waals surface area contributed by atoms with Crippen LogP contribution in [0.2, 0.25) is 0 Å². The summed E-state index contributed by atoms with van der Waals surface area (Å²) in [5, 5.41) is 13.0. The molecule has 2 aliphatic heterocycles. The predicted molar refractivity (Wildman–Crippen MR) is 379 cm³/mol. The molecule has 18 rings (SSSR count). The van der Waals surface area contributed by atoms with E-state index in [1.54, 1.807) is 0 Å².